The summed E-state index contributed by atoms with van der Waals surface area (Å²) in [5, 5.41) is 5.55. The maximum absolute atomic E-state index is 13.1. The Hall–Kier alpha value is -4.26. The van der Waals surface area contributed by atoms with Gasteiger partial charge in [-0.25, -0.2) is 0 Å². The first kappa shape index (κ1) is 22.9. The second kappa shape index (κ2) is 10.6. The maximum Gasteiger partial charge on any atom is 0.272 e. The minimum atomic E-state index is -0.450. The summed E-state index contributed by atoms with van der Waals surface area (Å²) >= 11 is 0. The van der Waals surface area contributed by atoms with Crippen molar-refractivity contribution >= 4 is 23.6 Å². The molecule has 0 spiro atoms. The largest absolute Gasteiger partial charge is 0.493 e. The third-order valence-electron chi connectivity index (χ3n) is 4.93. The number of carbonyl (C=O) groups is 2. The third-order valence-corrected chi connectivity index (χ3v) is 4.93. The molecule has 4 rings (SSSR count). The molecule has 3 aromatic rings. The van der Waals surface area contributed by atoms with Crippen molar-refractivity contribution in [3.63, 3.8) is 0 Å². The van der Waals surface area contributed by atoms with Gasteiger partial charge in [0.2, 0.25) is 6.79 Å². The van der Waals surface area contributed by atoms with Gasteiger partial charge < -0.3 is 24.8 Å². The number of fused-ring (bicyclic) bond motifs is 1. The van der Waals surface area contributed by atoms with E-state index in [1.54, 1.807) is 60.7 Å². The molecule has 1 heterocycles. The molecule has 0 atom stereocenters. The molecule has 34 heavy (non-hydrogen) atoms. The average molecular weight is 459 g/mol. The van der Waals surface area contributed by atoms with Gasteiger partial charge in [0, 0.05) is 11.3 Å². The van der Waals surface area contributed by atoms with E-state index in [1.807, 2.05) is 18.2 Å². The molecule has 2 amide bonds. The minimum Gasteiger partial charge on any atom is -0.493 e. The van der Waals surface area contributed by atoms with Crippen LogP contribution < -0.4 is 24.8 Å². The number of amides is 2. The lowest BCUT2D eigenvalue weighted by Crippen LogP contribution is -2.30. The molecule has 0 fully saturated rings. The van der Waals surface area contributed by atoms with Crippen molar-refractivity contribution in [3.8, 4) is 17.2 Å². The molecule has 7 nitrogen and oxygen atoms in total. The number of para-hydroxylation sites is 1. The number of benzene rings is 3. The second-order valence-corrected chi connectivity index (χ2v) is 8.17. The molecule has 1 aliphatic heterocycles. The number of hydrogen-bond acceptors (Lipinski definition) is 5. The van der Waals surface area contributed by atoms with Crippen molar-refractivity contribution in [1.29, 1.82) is 0 Å². The van der Waals surface area contributed by atoms with Gasteiger partial charge in [0.05, 0.1) is 6.61 Å². The first-order valence-corrected chi connectivity index (χ1v) is 11.0. The van der Waals surface area contributed by atoms with Gasteiger partial charge in [0.15, 0.2) is 11.5 Å². The Morgan fingerprint density at radius 2 is 1.71 bits per heavy atom. The Labute approximate surface area is 198 Å². The predicted octanol–water partition coefficient (Wildman–Crippen LogP) is 4.86. The van der Waals surface area contributed by atoms with E-state index < -0.39 is 11.8 Å². The molecule has 0 bridgehead atoms. The molecule has 0 unspecified atom stereocenters. The average Bonchev–Trinajstić information content (AvgIpc) is 3.31. The van der Waals surface area contributed by atoms with Gasteiger partial charge in [0.25, 0.3) is 11.8 Å². The molecule has 0 aromatic heterocycles. The Morgan fingerprint density at radius 3 is 2.44 bits per heavy atom. The zero-order valence-electron chi connectivity index (χ0n) is 19.0. The minimum absolute atomic E-state index is 0.0906. The highest BCUT2D eigenvalue weighted by molar-refractivity contribution is 6.10. The van der Waals surface area contributed by atoms with E-state index in [0.717, 1.165) is 0 Å². The van der Waals surface area contributed by atoms with E-state index in [2.05, 4.69) is 24.5 Å². The van der Waals surface area contributed by atoms with Crippen LogP contribution in [0.5, 0.6) is 17.2 Å². The van der Waals surface area contributed by atoms with E-state index in [0.29, 0.717) is 46.6 Å². The number of carbonyl (C=O) groups excluding carboxylic acids is 2. The highest BCUT2D eigenvalue weighted by Crippen LogP contribution is 2.33. The molecule has 3 aromatic carbocycles. The van der Waals surface area contributed by atoms with Crippen LogP contribution in [0.3, 0.4) is 0 Å². The molecule has 0 saturated heterocycles. The van der Waals surface area contributed by atoms with Gasteiger partial charge in [-0.1, -0.05) is 38.1 Å². The van der Waals surface area contributed by atoms with E-state index >= 15 is 0 Å². The SMILES string of the molecule is CC(C)COc1ccc(C(=O)NC(=Cc2ccc3c(c2)OCO3)C(=O)Nc2ccccc2)cc1. The van der Waals surface area contributed by atoms with Crippen LogP contribution in [0.4, 0.5) is 5.69 Å². The number of hydrogen-bond donors (Lipinski definition) is 2. The van der Waals surface area contributed by atoms with Crippen molar-refractivity contribution < 1.29 is 23.8 Å². The highest BCUT2D eigenvalue weighted by atomic mass is 16.7. The normalized spacial score (nSPS) is 12.4. The van der Waals surface area contributed by atoms with Crippen molar-refractivity contribution in [2.45, 2.75) is 13.8 Å². The van der Waals surface area contributed by atoms with Gasteiger partial charge in [-0.3, -0.25) is 9.59 Å². The predicted molar refractivity (Wildman–Crippen MR) is 130 cm³/mol. The van der Waals surface area contributed by atoms with E-state index in [-0.39, 0.29) is 12.5 Å². The molecular formula is C27H26N2O5. The Bertz CT molecular complexity index is 1190. The fourth-order valence-corrected chi connectivity index (χ4v) is 3.21. The van der Waals surface area contributed by atoms with E-state index in [9.17, 15) is 9.59 Å². The topological polar surface area (TPSA) is 85.9 Å². The van der Waals surface area contributed by atoms with Crippen LogP contribution in [-0.2, 0) is 4.79 Å². The summed E-state index contributed by atoms with van der Waals surface area (Å²) in [4.78, 5) is 26.0. The lowest BCUT2D eigenvalue weighted by atomic mass is 10.1. The highest BCUT2D eigenvalue weighted by Gasteiger charge is 2.17. The molecule has 0 radical (unpaired) electrons. The summed E-state index contributed by atoms with van der Waals surface area (Å²) in [5.74, 6) is 1.44. The van der Waals surface area contributed by atoms with Crippen LogP contribution in [0, 0.1) is 5.92 Å². The third kappa shape index (κ3) is 5.95. The molecule has 2 N–H and O–H groups in total. The number of rotatable bonds is 8. The van der Waals surface area contributed by atoms with Gasteiger partial charge >= 0.3 is 0 Å². The van der Waals surface area contributed by atoms with Crippen molar-refractivity contribution in [1.82, 2.24) is 5.32 Å². The number of anilines is 1. The summed E-state index contributed by atoms with van der Waals surface area (Å²) < 4.78 is 16.4. The molecule has 7 heteroatoms. The van der Waals surface area contributed by atoms with Gasteiger partial charge in [0.1, 0.15) is 11.4 Å². The summed E-state index contributed by atoms with van der Waals surface area (Å²) in [7, 11) is 0. The van der Waals surface area contributed by atoms with Gasteiger partial charge in [-0.05, 0) is 66.1 Å². The Balaban J connectivity index is 1.55. The van der Waals surface area contributed by atoms with Gasteiger partial charge in [-0.2, -0.15) is 0 Å². The van der Waals surface area contributed by atoms with E-state index in [1.165, 1.54) is 0 Å². The lowest BCUT2D eigenvalue weighted by molar-refractivity contribution is -0.113. The number of nitrogens with one attached hydrogen (secondary N) is 2. The quantitative estimate of drug-likeness (QED) is 0.471. The maximum atomic E-state index is 13.1. The lowest BCUT2D eigenvalue weighted by Gasteiger charge is -2.12. The fourth-order valence-electron chi connectivity index (χ4n) is 3.21. The summed E-state index contributed by atoms with van der Waals surface area (Å²) in [6.07, 6.45) is 1.60. The van der Waals surface area contributed by atoms with Crippen LogP contribution in [0.2, 0.25) is 0 Å². The fraction of sp³-hybridized carbons (Fsp3) is 0.185. The molecule has 1 aliphatic rings. The first-order chi connectivity index (χ1) is 16.5. The second-order valence-electron chi connectivity index (χ2n) is 8.17. The summed E-state index contributed by atoms with van der Waals surface area (Å²) in [6, 6.07) is 21.1. The van der Waals surface area contributed by atoms with Crippen molar-refractivity contribution in [3.05, 3.63) is 89.6 Å². The van der Waals surface area contributed by atoms with Crippen LogP contribution in [-0.4, -0.2) is 25.2 Å². The zero-order chi connectivity index (χ0) is 23.9. The molecular weight excluding hydrogens is 432 g/mol. The standard InChI is InChI=1S/C27H26N2O5/c1-18(2)16-32-22-11-9-20(10-12-22)26(30)29-23(27(31)28-21-6-4-3-5-7-21)14-19-8-13-24-25(15-19)34-17-33-24/h3-15,18H,16-17H2,1-2H3,(H,28,31)(H,29,30). The smallest absolute Gasteiger partial charge is 0.272 e. The van der Waals surface area contributed by atoms with Crippen LogP contribution in [0.25, 0.3) is 6.08 Å². The number of ether oxygens (including phenoxy) is 3. The van der Waals surface area contributed by atoms with Crippen LogP contribution >= 0.6 is 0 Å². The van der Waals surface area contributed by atoms with Crippen molar-refractivity contribution in [2.24, 2.45) is 5.92 Å². The van der Waals surface area contributed by atoms with Crippen LogP contribution in [0.1, 0.15) is 29.8 Å². The zero-order valence-corrected chi connectivity index (χ0v) is 19.0. The van der Waals surface area contributed by atoms with Gasteiger partial charge in [-0.15, -0.1) is 0 Å². The van der Waals surface area contributed by atoms with Crippen LogP contribution in [0.15, 0.2) is 78.5 Å². The Morgan fingerprint density at radius 1 is 0.971 bits per heavy atom. The molecule has 0 saturated carbocycles. The molecule has 174 valence electrons. The summed E-state index contributed by atoms with van der Waals surface area (Å²) in [6.45, 7) is 4.87. The first-order valence-electron chi connectivity index (χ1n) is 11.0. The molecule has 0 aliphatic carbocycles. The van der Waals surface area contributed by atoms with E-state index in [4.69, 9.17) is 14.2 Å². The Kier molecular flexibility index (Phi) is 7.13. The monoisotopic (exact) mass is 458 g/mol. The van der Waals surface area contributed by atoms with Crippen molar-refractivity contribution in [2.75, 3.05) is 18.7 Å². The summed E-state index contributed by atoms with van der Waals surface area (Å²) in [5.41, 5.74) is 1.79.